The predicted molar refractivity (Wildman–Crippen MR) is 101 cm³/mol. The van der Waals surface area contributed by atoms with Crippen LogP contribution in [0.4, 0.5) is 5.69 Å². The van der Waals surface area contributed by atoms with E-state index in [1.54, 1.807) is 6.20 Å². The van der Waals surface area contributed by atoms with Gasteiger partial charge in [0.15, 0.2) is 11.2 Å². The molecule has 2 aromatic carbocycles. The number of nitrogens with zero attached hydrogens (tertiary/aromatic N) is 2. The fourth-order valence-electron chi connectivity index (χ4n) is 2.56. The van der Waals surface area contributed by atoms with Crippen LogP contribution < -0.4 is 5.32 Å². The topological polar surface area (TPSA) is 51.0 Å². The van der Waals surface area contributed by atoms with Gasteiger partial charge < -0.3 is 9.73 Å². The van der Waals surface area contributed by atoms with Gasteiger partial charge in [0.2, 0.25) is 5.89 Å². The molecule has 25 heavy (non-hydrogen) atoms. The molecule has 0 saturated carbocycles. The number of benzene rings is 2. The highest BCUT2D eigenvalue weighted by molar-refractivity contribution is 5.72. The molecule has 1 N–H and O–H groups in total. The van der Waals surface area contributed by atoms with Crippen molar-refractivity contribution in [2.24, 2.45) is 0 Å². The maximum atomic E-state index is 5.74. The second-order valence-electron chi connectivity index (χ2n) is 5.62. The van der Waals surface area contributed by atoms with Crippen molar-refractivity contribution in [1.29, 1.82) is 0 Å². The zero-order valence-electron chi connectivity index (χ0n) is 13.6. The standard InChI is InChI=1S/C21H17N3O/c1-2-6-16(7-3-1)8-4-14-22-18-12-10-17(11-13-18)21-24-20-19(25-21)9-5-15-23-20/h1-13,15,22H,14H2. The Kier molecular flexibility index (Phi) is 4.25. The van der Waals surface area contributed by atoms with E-state index in [0.717, 1.165) is 17.8 Å². The molecule has 0 saturated heterocycles. The van der Waals surface area contributed by atoms with Crippen LogP contribution in [0, 0.1) is 0 Å². The molecule has 4 heteroatoms. The maximum absolute atomic E-state index is 5.74. The van der Waals surface area contributed by atoms with Gasteiger partial charge in [0.25, 0.3) is 0 Å². The van der Waals surface area contributed by atoms with Crippen molar-refractivity contribution in [2.75, 3.05) is 11.9 Å². The smallest absolute Gasteiger partial charge is 0.228 e. The molecule has 0 amide bonds. The molecule has 0 spiro atoms. The number of nitrogens with one attached hydrogen (secondary N) is 1. The quantitative estimate of drug-likeness (QED) is 0.559. The van der Waals surface area contributed by atoms with Crippen LogP contribution >= 0.6 is 0 Å². The first-order valence-electron chi connectivity index (χ1n) is 8.16. The van der Waals surface area contributed by atoms with Crippen LogP contribution in [-0.2, 0) is 0 Å². The first-order chi connectivity index (χ1) is 12.4. The van der Waals surface area contributed by atoms with E-state index in [2.05, 4.69) is 39.6 Å². The first kappa shape index (κ1) is 15.1. The molecule has 4 rings (SSSR count). The van der Waals surface area contributed by atoms with E-state index in [1.165, 1.54) is 5.56 Å². The molecule has 4 nitrogen and oxygen atoms in total. The third kappa shape index (κ3) is 3.58. The summed E-state index contributed by atoms with van der Waals surface area (Å²) >= 11 is 0. The summed E-state index contributed by atoms with van der Waals surface area (Å²) < 4.78 is 5.74. The zero-order valence-corrected chi connectivity index (χ0v) is 13.6. The second kappa shape index (κ2) is 7.01. The summed E-state index contributed by atoms with van der Waals surface area (Å²) in [5.41, 5.74) is 4.51. The lowest BCUT2D eigenvalue weighted by Gasteiger charge is -2.03. The van der Waals surface area contributed by atoms with Gasteiger partial charge in [-0.25, -0.2) is 4.98 Å². The van der Waals surface area contributed by atoms with Gasteiger partial charge in [0.05, 0.1) is 0 Å². The van der Waals surface area contributed by atoms with Crippen LogP contribution in [0.3, 0.4) is 0 Å². The third-order valence-corrected chi connectivity index (χ3v) is 3.83. The van der Waals surface area contributed by atoms with Crippen molar-refractivity contribution >= 4 is 23.0 Å². The monoisotopic (exact) mass is 327 g/mol. The highest BCUT2D eigenvalue weighted by Gasteiger charge is 2.08. The number of oxazole rings is 1. The molecule has 0 radical (unpaired) electrons. The van der Waals surface area contributed by atoms with Crippen molar-refractivity contribution < 1.29 is 4.42 Å². The van der Waals surface area contributed by atoms with E-state index < -0.39 is 0 Å². The molecular weight excluding hydrogens is 310 g/mol. The zero-order chi connectivity index (χ0) is 16.9. The van der Waals surface area contributed by atoms with Gasteiger partial charge in [-0.2, -0.15) is 4.98 Å². The average Bonchev–Trinajstić information content (AvgIpc) is 3.11. The normalized spacial score (nSPS) is 11.2. The summed E-state index contributed by atoms with van der Waals surface area (Å²) in [4.78, 5) is 8.61. The van der Waals surface area contributed by atoms with E-state index in [0.29, 0.717) is 17.1 Å². The fraction of sp³-hybridized carbons (Fsp3) is 0.0476. The van der Waals surface area contributed by atoms with Crippen LogP contribution in [0.5, 0.6) is 0 Å². The van der Waals surface area contributed by atoms with Gasteiger partial charge in [-0.05, 0) is 42.0 Å². The third-order valence-electron chi connectivity index (χ3n) is 3.83. The Balaban J connectivity index is 1.41. The van der Waals surface area contributed by atoms with Crippen LogP contribution in [-0.4, -0.2) is 16.5 Å². The van der Waals surface area contributed by atoms with Gasteiger partial charge in [-0.15, -0.1) is 0 Å². The molecule has 2 aromatic heterocycles. The summed E-state index contributed by atoms with van der Waals surface area (Å²) in [5.74, 6) is 0.587. The Labute approximate surface area is 145 Å². The number of hydrogen-bond acceptors (Lipinski definition) is 4. The summed E-state index contributed by atoms with van der Waals surface area (Å²) in [7, 11) is 0. The Morgan fingerprint density at radius 3 is 2.56 bits per heavy atom. The predicted octanol–water partition coefficient (Wildman–Crippen LogP) is 5.02. The van der Waals surface area contributed by atoms with Gasteiger partial charge in [-0.3, -0.25) is 0 Å². The summed E-state index contributed by atoms with van der Waals surface area (Å²) in [6, 6.07) is 22.0. The lowest BCUT2D eigenvalue weighted by atomic mass is 10.2. The number of fused-ring (bicyclic) bond motifs is 1. The van der Waals surface area contributed by atoms with Crippen molar-refractivity contribution in [1.82, 2.24) is 9.97 Å². The Hall–Kier alpha value is -3.40. The molecule has 4 aromatic rings. The molecule has 0 unspecified atom stereocenters. The minimum absolute atomic E-state index is 0.587. The van der Waals surface area contributed by atoms with E-state index >= 15 is 0 Å². The van der Waals surface area contributed by atoms with E-state index in [1.807, 2.05) is 54.6 Å². The SMILES string of the molecule is C(=Cc1ccccc1)CNc1ccc(-c2nc3ncccc3o2)cc1. The highest BCUT2D eigenvalue weighted by Crippen LogP contribution is 2.24. The minimum Gasteiger partial charge on any atom is -0.434 e. The highest BCUT2D eigenvalue weighted by atomic mass is 16.3. The van der Waals surface area contributed by atoms with Gasteiger partial charge in [-0.1, -0.05) is 42.5 Å². The van der Waals surface area contributed by atoms with Crippen molar-refractivity contribution in [3.63, 3.8) is 0 Å². The molecule has 0 atom stereocenters. The van der Waals surface area contributed by atoms with E-state index in [9.17, 15) is 0 Å². The van der Waals surface area contributed by atoms with Crippen LogP contribution in [0.1, 0.15) is 5.56 Å². The van der Waals surface area contributed by atoms with Crippen LogP contribution in [0.25, 0.3) is 28.8 Å². The average molecular weight is 327 g/mol. The molecular formula is C21H17N3O. The summed E-state index contributed by atoms with van der Waals surface area (Å²) in [6.45, 7) is 0.765. The maximum Gasteiger partial charge on any atom is 0.228 e. The summed E-state index contributed by atoms with van der Waals surface area (Å²) in [5, 5.41) is 3.37. The van der Waals surface area contributed by atoms with Crippen molar-refractivity contribution in [2.45, 2.75) is 0 Å². The molecule has 0 aliphatic rings. The van der Waals surface area contributed by atoms with E-state index in [-0.39, 0.29) is 0 Å². The molecule has 0 aliphatic heterocycles. The van der Waals surface area contributed by atoms with Gasteiger partial charge in [0, 0.05) is 24.0 Å². The molecule has 0 fully saturated rings. The molecule has 2 heterocycles. The van der Waals surface area contributed by atoms with Crippen molar-refractivity contribution in [3.8, 4) is 11.5 Å². The minimum atomic E-state index is 0.587. The fourth-order valence-corrected chi connectivity index (χ4v) is 2.56. The Bertz CT molecular complexity index is 956. The summed E-state index contributed by atoms with van der Waals surface area (Å²) in [6.07, 6.45) is 5.92. The Morgan fingerprint density at radius 1 is 0.920 bits per heavy atom. The lowest BCUT2D eigenvalue weighted by molar-refractivity contribution is 0.619. The van der Waals surface area contributed by atoms with Crippen LogP contribution in [0.15, 0.2) is 83.4 Å². The number of hydrogen-bond donors (Lipinski definition) is 1. The van der Waals surface area contributed by atoms with Crippen LogP contribution in [0.2, 0.25) is 0 Å². The molecule has 0 aliphatic carbocycles. The first-order valence-corrected chi connectivity index (χ1v) is 8.16. The largest absolute Gasteiger partial charge is 0.434 e. The number of anilines is 1. The van der Waals surface area contributed by atoms with Gasteiger partial charge in [0.1, 0.15) is 0 Å². The molecule has 0 bridgehead atoms. The Morgan fingerprint density at radius 2 is 1.76 bits per heavy atom. The lowest BCUT2D eigenvalue weighted by Crippen LogP contribution is -1.97. The number of rotatable bonds is 5. The second-order valence-corrected chi connectivity index (χ2v) is 5.62. The van der Waals surface area contributed by atoms with Gasteiger partial charge >= 0.3 is 0 Å². The molecule has 122 valence electrons. The van der Waals surface area contributed by atoms with E-state index in [4.69, 9.17) is 4.42 Å². The van der Waals surface area contributed by atoms with Crippen molar-refractivity contribution in [3.05, 3.63) is 84.6 Å². The number of pyridine rings is 1. The number of aromatic nitrogens is 2.